The van der Waals surface area contributed by atoms with Crippen molar-refractivity contribution in [1.82, 2.24) is 0 Å². The predicted octanol–water partition coefficient (Wildman–Crippen LogP) is 10.9. The minimum absolute atomic E-state index is 1.26. The molecule has 0 spiro atoms. The van der Waals surface area contributed by atoms with Crippen LogP contribution in [0.1, 0.15) is 0 Å². The Morgan fingerprint density at radius 2 is 0.861 bits per heavy atom. The third kappa shape index (κ3) is 2.92. The fraction of sp³-hybridized carbons (Fsp3) is 0. The Kier molecular flexibility index (Phi) is 4.36. The Morgan fingerprint density at radius 1 is 0.333 bits per heavy atom. The van der Waals surface area contributed by atoms with Crippen LogP contribution in [0.25, 0.3) is 73.4 Å². The van der Waals surface area contributed by atoms with Crippen molar-refractivity contribution >= 4 is 73.8 Å². The lowest BCUT2D eigenvalue weighted by Crippen LogP contribution is -1.85. The highest BCUT2D eigenvalue weighted by Gasteiger charge is 2.15. The Morgan fingerprint density at radius 3 is 1.64 bits per heavy atom. The Labute approximate surface area is 216 Å². The second-order valence-electron chi connectivity index (χ2n) is 9.31. The SMILES string of the molecule is c1cc(-c2cc3c4ccccc4sc3c3ccccc23)cc(-c2cccc3c2sc2ccccc23)c1. The molecular formula is C34H20S2. The molecule has 2 heteroatoms. The van der Waals surface area contributed by atoms with Gasteiger partial charge in [-0.2, -0.15) is 0 Å². The Hall–Kier alpha value is -3.98. The molecule has 0 fully saturated rings. The van der Waals surface area contributed by atoms with Crippen LogP contribution in [0.5, 0.6) is 0 Å². The summed E-state index contributed by atoms with van der Waals surface area (Å²) in [5, 5.41) is 8.03. The van der Waals surface area contributed by atoms with Crippen LogP contribution in [-0.2, 0) is 0 Å². The molecule has 2 heterocycles. The lowest BCUT2D eigenvalue weighted by Gasteiger charge is -2.11. The molecule has 0 saturated heterocycles. The molecule has 0 saturated carbocycles. The van der Waals surface area contributed by atoms with Crippen molar-refractivity contribution in [3.63, 3.8) is 0 Å². The average molecular weight is 493 g/mol. The molecule has 0 aliphatic carbocycles. The zero-order valence-electron chi connectivity index (χ0n) is 19.4. The molecule has 0 aliphatic rings. The van der Waals surface area contributed by atoms with Gasteiger partial charge in [0.25, 0.3) is 0 Å². The summed E-state index contributed by atoms with van der Waals surface area (Å²) < 4.78 is 5.43. The lowest BCUT2D eigenvalue weighted by molar-refractivity contribution is 1.65. The molecule has 0 radical (unpaired) electrons. The van der Waals surface area contributed by atoms with E-state index in [1.165, 1.54) is 73.4 Å². The fourth-order valence-electron chi connectivity index (χ4n) is 5.61. The van der Waals surface area contributed by atoms with Crippen LogP contribution in [0.2, 0.25) is 0 Å². The van der Waals surface area contributed by atoms with Gasteiger partial charge in [-0.25, -0.2) is 0 Å². The van der Waals surface area contributed by atoms with Crippen LogP contribution in [0.4, 0.5) is 0 Å². The van der Waals surface area contributed by atoms with E-state index in [4.69, 9.17) is 0 Å². The maximum absolute atomic E-state index is 2.41. The first-order valence-corrected chi connectivity index (χ1v) is 13.8. The van der Waals surface area contributed by atoms with E-state index in [9.17, 15) is 0 Å². The minimum Gasteiger partial charge on any atom is -0.135 e. The molecule has 36 heavy (non-hydrogen) atoms. The molecule has 0 bridgehead atoms. The smallest absolute Gasteiger partial charge is 0.0434 e. The number of thiophene rings is 2. The fourth-order valence-corrected chi connectivity index (χ4v) is 8.07. The molecule has 8 rings (SSSR count). The zero-order chi connectivity index (χ0) is 23.6. The van der Waals surface area contributed by atoms with E-state index in [-0.39, 0.29) is 0 Å². The normalized spacial score (nSPS) is 11.9. The van der Waals surface area contributed by atoms with E-state index >= 15 is 0 Å². The van der Waals surface area contributed by atoms with E-state index in [0.29, 0.717) is 0 Å². The summed E-state index contributed by atoms with van der Waals surface area (Å²) in [6.07, 6.45) is 0. The van der Waals surface area contributed by atoms with Crippen molar-refractivity contribution in [3.8, 4) is 22.3 Å². The first-order valence-electron chi connectivity index (χ1n) is 12.2. The van der Waals surface area contributed by atoms with E-state index < -0.39 is 0 Å². The molecule has 8 aromatic rings. The van der Waals surface area contributed by atoms with Gasteiger partial charge >= 0.3 is 0 Å². The van der Waals surface area contributed by atoms with Gasteiger partial charge in [-0.05, 0) is 51.9 Å². The van der Waals surface area contributed by atoms with Crippen molar-refractivity contribution in [3.05, 3.63) is 121 Å². The summed E-state index contributed by atoms with van der Waals surface area (Å²) in [6.45, 7) is 0. The number of rotatable bonds is 2. The first kappa shape index (κ1) is 20.2. The summed E-state index contributed by atoms with van der Waals surface area (Å²) in [5.41, 5.74) is 5.14. The molecule has 6 aromatic carbocycles. The third-order valence-corrected chi connectivity index (χ3v) is 9.71. The standard InChI is InChI=1S/C34H20S2/c1-2-14-27-24(11-1)29(20-30-26-13-4-6-18-32(26)36-34(27)30)22-10-7-9-21(19-22)23-15-8-16-28-25-12-3-5-17-31(25)35-33(23)28/h1-20H. The molecular weight excluding hydrogens is 473 g/mol. The molecule has 0 N–H and O–H groups in total. The highest BCUT2D eigenvalue weighted by molar-refractivity contribution is 7.27. The summed E-state index contributed by atoms with van der Waals surface area (Å²) in [5.74, 6) is 0. The van der Waals surface area contributed by atoms with Crippen LogP contribution in [-0.4, -0.2) is 0 Å². The molecule has 168 valence electrons. The number of hydrogen-bond acceptors (Lipinski definition) is 2. The van der Waals surface area contributed by atoms with Gasteiger partial charge in [0, 0.05) is 45.7 Å². The summed E-state index contributed by atoms with van der Waals surface area (Å²) in [6, 6.07) is 44.6. The molecule has 2 aromatic heterocycles. The van der Waals surface area contributed by atoms with Crippen LogP contribution in [0, 0.1) is 0 Å². The van der Waals surface area contributed by atoms with Gasteiger partial charge in [0.2, 0.25) is 0 Å². The predicted molar refractivity (Wildman–Crippen MR) is 161 cm³/mol. The monoisotopic (exact) mass is 492 g/mol. The molecule has 0 nitrogen and oxygen atoms in total. The van der Waals surface area contributed by atoms with E-state index in [0.717, 1.165) is 0 Å². The second kappa shape index (κ2) is 7.76. The lowest BCUT2D eigenvalue weighted by atomic mass is 9.93. The summed E-state index contributed by atoms with van der Waals surface area (Å²) in [7, 11) is 0. The highest BCUT2D eigenvalue weighted by Crippen LogP contribution is 2.44. The van der Waals surface area contributed by atoms with E-state index in [1.807, 2.05) is 22.7 Å². The van der Waals surface area contributed by atoms with Crippen molar-refractivity contribution in [1.29, 1.82) is 0 Å². The van der Waals surface area contributed by atoms with Crippen molar-refractivity contribution in [2.45, 2.75) is 0 Å². The van der Waals surface area contributed by atoms with Crippen LogP contribution in [0.3, 0.4) is 0 Å². The maximum Gasteiger partial charge on any atom is 0.0434 e. The van der Waals surface area contributed by atoms with Crippen molar-refractivity contribution in [2.24, 2.45) is 0 Å². The number of benzene rings is 6. The molecule has 0 unspecified atom stereocenters. The maximum atomic E-state index is 2.41. The van der Waals surface area contributed by atoms with Crippen LogP contribution < -0.4 is 0 Å². The highest BCUT2D eigenvalue weighted by atomic mass is 32.1. The van der Waals surface area contributed by atoms with Gasteiger partial charge in [0.05, 0.1) is 0 Å². The van der Waals surface area contributed by atoms with Gasteiger partial charge < -0.3 is 0 Å². The van der Waals surface area contributed by atoms with Crippen molar-refractivity contribution in [2.75, 3.05) is 0 Å². The first-order chi connectivity index (χ1) is 17.8. The summed E-state index contributed by atoms with van der Waals surface area (Å²) in [4.78, 5) is 0. The topological polar surface area (TPSA) is 0 Å². The Bertz CT molecular complexity index is 2110. The zero-order valence-corrected chi connectivity index (χ0v) is 21.0. The molecule has 0 atom stereocenters. The van der Waals surface area contributed by atoms with Gasteiger partial charge in [0.1, 0.15) is 0 Å². The minimum atomic E-state index is 1.26. The van der Waals surface area contributed by atoms with Crippen molar-refractivity contribution < 1.29 is 0 Å². The summed E-state index contributed by atoms with van der Waals surface area (Å²) >= 11 is 3.79. The third-order valence-electron chi connectivity index (χ3n) is 7.27. The molecule has 0 aliphatic heterocycles. The van der Waals surface area contributed by atoms with Gasteiger partial charge in [-0.15, -0.1) is 22.7 Å². The Balaban J connectivity index is 1.40. The largest absolute Gasteiger partial charge is 0.135 e. The number of fused-ring (bicyclic) bond motifs is 8. The quantitative estimate of drug-likeness (QED) is 0.225. The molecule has 0 amide bonds. The van der Waals surface area contributed by atoms with Crippen LogP contribution in [0.15, 0.2) is 121 Å². The van der Waals surface area contributed by atoms with Gasteiger partial charge in [-0.3, -0.25) is 0 Å². The van der Waals surface area contributed by atoms with Gasteiger partial charge in [0.15, 0.2) is 0 Å². The van der Waals surface area contributed by atoms with Crippen LogP contribution >= 0.6 is 22.7 Å². The number of hydrogen-bond donors (Lipinski definition) is 0. The van der Waals surface area contributed by atoms with E-state index in [2.05, 4.69) is 121 Å². The van der Waals surface area contributed by atoms with E-state index in [1.54, 1.807) is 0 Å². The second-order valence-corrected chi connectivity index (χ2v) is 11.4. The van der Waals surface area contributed by atoms with Gasteiger partial charge in [-0.1, -0.05) is 97.1 Å². The average Bonchev–Trinajstić information content (AvgIpc) is 3.51.